The predicted molar refractivity (Wildman–Crippen MR) is 82.4 cm³/mol. The summed E-state index contributed by atoms with van der Waals surface area (Å²) in [5.74, 6) is 0.700. The number of rotatable bonds is 4. The summed E-state index contributed by atoms with van der Waals surface area (Å²) in [6.45, 7) is 2.31. The Morgan fingerprint density at radius 1 is 1.36 bits per heavy atom. The second-order valence-corrected chi connectivity index (χ2v) is 5.66. The molecule has 0 radical (unpaired) electrons. The number of amides is 2. The van der Waals surface area contributed by atoms with Gasteiger partial charge in [-0.15, -0.1) is 5.10 Å². The van der Waals surface area contributed by atoms with Gasteiger partial charge >= 0.3 is 6.03 Å². The van der Waals surface area contributed by atoms with Gasteiger partial charge in [0.15, 0.2) is 5.82 Å². The number of anilines is 1. The predicted octanol–water partition coefficient (Wildman–Crippen LogP) is 2.42. The number of nitrogens with zero attached hydrogens (tertiary/aromatic N) is 4. The fourth-order valence-corrected chi connectivity index (χ4v) is 2.82. The van der Waals surface area contributed by atoms with Gasteiger partial charge < -0.3 is 10.6 Å². The number of aromatic nitrogens is 4. The highest BCUT2D eigenvalue weighted by Gasteiger charge is 2.21. The molecule has 7 nitrogen and oxygen atoms in total. The number of hydrogen-bond donors (Lipinski definition) is 2. The second kappa shape index (κ2) is 6.55. The van der Waals surface area contributed by atoms with Crippen molar-refractivity contribution in [3.05, 3.63) is 35.7 Å². The maximum atomic E-state index is 12.0. The molecule has 1 heterocycles. The van der Waals surface area contributed by atoms with E-state index >= 15 is 0 Å². The molecule has 3 rings (SSSR count). The summed E-state index contributed by atoms with van der Waals surface area (Å²) in [4.78, 5) is 12.0. The van der Waals surface area contributed by atoms with Gasteiger partial charge in [-0.3, -0.25) is 0 Å². The molecule has 1 aliphatic rings. The minimum atomic E-state index is -0.258. The van der Waals surface area contributed by atoms with Crippen molar-refractivity contribution < 1.29 is 4.79 Å². The molecule has 1 aliphatic carbocycles. The fourth-order valence-electron chi connectivity index (χ4n) is 2.82. The van der Waals surface area contributed by atoms with E-state index in [1.54, 1.807) is 0 Å². The number of carbonyl (C=O) groups excluding carboxylic acids is 1. The number of aryl methyl sites for hydroxylation is 1. The van der Waals surface area contributed by atoms with E-state index < -0.39 is 0 Å². The van der Waals surface area contributed by atoms with Gasteiger partial charge in [-0.25, -0.2) is 9.48 Å². The molecular formula is C15H20N6O. The summed E-state index contributed by atoms with van der Waals surface area (Å²) in [7, 11) is 0. The number of tetrazole rings is 1. The smallest absolute Gasteiger partial charge is 0.319 e. The van der Waals surface area contributed by atoms with E-state index in [1.807, 2.05) is 35.9 Å². The molecule has 0 aliphatic heterocycles. The third kappa shape index (κ3) is 3.41. The first kappa shape index (κ1) is 14.5. The molecule has 1 saturated carbocycles. The molecule has 22 heavy (non-hydrogen) atoms. The lowest BCUT2D eigenvalue weighted by Crippen LogP contribution is -2.30. The minimum absolute atomic E-state index is 0.258. The van der Waals surface area contributed by atoms with E-state index in [0.717, 1.165) is 24.1 Å². The minimum Gasteiger partial charge on any atom is -0.331 e. The van der Waals surface area contributed by atoms with E-state index in [2.05, 4.69) is 26.2 Å². The largest absolute Gasteiger partial charge is 0.331 e. The standard InChI is InChI=1S/C15H20N6O/c1-11-5-4-6-12(9-11)17-15(22)16-10-14-18-19-20-21(14)13-7-2-3-8-13/h4-6,9,13H,2-3,7-8,10H2,1H3,(H2,16,17,22). The highest BCUT2D eigenvalue weighted by atomic mass is 16.2. The molecule has 1 fully saturated rings. The van der Waals surface area contributed by atoms with Crippen LogP contribution in [0.15, 0.2) is 24.3 Å². The first-order valence-corrected chi connectivity index (χ1v) is 7.60. The number of nitrogens with one attached hydrogen (secondary N) is 2. The van der Waals surface area contributed by atoms with Crippen LogP contribution in [0.3, 0.4) is 0 Å². The second-order valence-electron chi connectivity index (χ2n) is 5.66. The SMILES string of the molecule is Cc1cccc(NC(=O)NCc2nnnn2C2CCCC2)c1. The highest BCUT2D eigenvalue weighted by Crippen LogP contribution is 2.28. The van der Waals surface area contributed by atoms with Gasteiger partial charge in [0.2, 0.25) is 0 Å². The van der Waals surface area contributed by atoms with Gasteiger partial charge in [0.25, 0.3) is 0 Å². The molecule has 0 atom stereocenters. The molecule has 7 heteroatoms. The lowest BCUT2D eigenvalue weighted by molar-refractivity contribution is 0.251. The molecule has 0 bridgehead atoms. The third-order valence-corrected chi connectivity index (χ3v) is 3.91. The zero-order valence-electron chi connectivity index (χ0n) is 12.6. The van der Waals surface area contributed by atoms with Gasteiger partial charge in [0.05, 0.1) is 12.6 Å². The maximum Gasteiger partial charge on any atom is 0.319 e. The van der Waals surface area contributed by atoms with Crippen LogP contribution in [0, 0.1) is 6.92 Å². The van der Waals surface area contributed by atoms with Crippen molar-refractivity contribution in [3.8, 4) is 0 Å². The molecule has 0 unspecified atom stereocenters. The lowest BCUT2D eigenvalue weighted by Gasteiger charge is -2.12. The fraction of sp³-hybridized carbons (Fsp3) is 0.467. The molecule has 0 saturated heterocycles. The summed E-state index contributed by atoms with van der Waals surface area (Å²) in [6.07, 6.45) is 4.64. The van der Waals surface area contributed by atoms with Crippen LogP contribution >= 0.6 is 0 Å². The van der Waals surface area contributed by atoms with Crippen molar-refractivity contribution in [1.82, 2.24) is 25.5 Å². The van der Waals surface area contributed by atoms with Crippen LogP contribution in [0.5, 0.6) is 0 Å². The molecule has 0 spiro atoms. The molecule has 116 valence electrons. The third-order valence-electron chi connectivity index (χ3n) is 3.91. The van der Waals surface area contributed by atoms with Gasteiger partial charge in [-0.05, 0) is 47.9 Å². The van der Waals surface area contributed by atoms with Crippen molar-refractivity contribution in [1.29, 1.82) is 0 Å². The van der Waals surface area contributed by atoms with Crippen molar-refractivity contribution in [2.45, 2.75) is 45.2 Å². The van der Waals surface area contributed by atoms with Gasteiger partial charge in [-0.2, -0.15) is 0 Å². The number of hydrogen-bond acceptors (Lipinski definition) is 4. The average molecular weight is 300 g/mol. The van der Waals surface area contributed by atoms with E-state index in [9.17, 15) is 4.79 Å². The molecular weight excluding hydrogens is 280 g/mol. The lowest BCUT2D eigenvalue weighted by atomic mass is 10.2. The van der Waals surface area contributed by atoms with Crippen LogP contribution < -0.4 is 10.6 Å². The molecule has 1 aromatic heterocycles. The highest BCUT2D eigenvalue weighted by molar-refractivity contribution is 5.89. The van der Waals surface area contributed by atoms with E-state index in [0.29, 0.717) is 18.4 Å². The van der Waals surface area contributed by atoms with Crippen LogP contribution in [0.25, 0.3) is 0 Å². The summed E-state index contributed by atoms with van der Waals surface area (Å²) in [5.41, 5.74) is 1.87. The Balaban J connectivity index is 1.56. The van der Waals surface area contributed by atoms with Crippen LogP contribution in [0.4, 0.5) is 10.5 Å². The Morgan fingerprint density at radius 3 is 2.95 bits per heavy atom. The van der Waals surface area contributed by atoms with E-state index in [1.165, 1.54) is 12.8 Å². The van der Waals surface area contributed by atoms with E-state index in [4.69, 9.17) is 0 Å². The van der Waals surface area contributed by atoms with Crippen LogP contribution in [-0.2, 0) is 6.54 Å². The van der Waals surface area contributed by atoms with Crippen molar-refractivity contribution in [2.75, 3.05) is 5.32 Å². The van der Waals surface area contributed by atoms with Crippen LogP contribution in [0.2, 0.25) is 0 Å². The van der Waals surface area contributed by atoms with Crippen molar-refractivity contribution in [3.63, 3.8) is 0 Å². The zero-order chi connectivity index (χ0) is 15.4. The Kier molecular flexibility index (Phi) is 4.32. The molecule has 1 aromatic carbocycles. The Morgan fingerprint density at radius 2 is 2.18 bits per heavy atom. The summed E-state index contributed by atoms with van der Waals surface area (Å²) < 4.78 is 1.85. The average Bonchev–Trinajstić information content (AvgIpc) is 3.16. The molecule has 2 amide bonds. The number of carbonyl (C=O) groups is 1. The van der Waals surface area contributed by atoms with Crippen LogP contribution in [-0.4, -0.2) is 26.2 Å². The topological polar surface area (TPSA) is 84.7 Å². The van der Waals surface area contributed by atoms with Gasteiger partial charge in [0, 0.05) is 5.69 Å². The van der Waals surface area contributed by atoms with Crippen molar-refractivity contribution in [2.24, 2.45) is 0 Å². The maximum absolute atomic E-state index is 12.0. The Hall–Kier alpha value is -2.44. The van der Waals surface area contributed by atoms with Crippen molar-refractivity contribution >= 4 is 11.7 Å². The summed E-state index contributed by atoms with van der Waals surface area (Å²) >= 11 is 0. The Bertz CT molecular complexity index is 647. The molecule has 2 aromatic rings. The quantitative estimate of drug-likeness (QED) is 0.908. The summed E-state index contributed by atoms with van der Waals surface area (Å²) in [6, 6.07) is 7.78. The first-order valence-electron chi connectivity index (χ1n) is 7.60. The van der Waals surface area contributed by atoms with Crippen LogP contribution in [0.1, 0.15) is 43.1 Å². The molecule has 2 N–H and O–H groups in total. The Labute approximate surface area is 129 Å². The van der Waals surface area contributed by atoms with Gasteiger partial charge in [-0.1, -0.05) is 25.0 Å². The number of urea groups is 1. The zero-order valence-corrected chi connectivity index (χ0v) is 12.6. The number of benzene rings is 1. The monoisotopic (exact) mass is 300 g/mol. The van der Waals surface area contributed by atoms with E-state index in [-0.39, 0.29) is 6.03 Å². The van der Waals surface area contributed by atoms with Gasteiger partial charge in [0.1, 0.15) is 0 Å². The normalized spacial score (nSPS) is 15.0. The first-order chi connectivity index (χ1) is 10.7. The summed E-state index contributed by atoms with van der Waals surface area (Å²) in [5, 5.41) is 17.4.